The van der Waals surface area contributed by atoms with Crippen molar-refractivity contribution in [2.24, 2.45) is 0 Å². The summed E-state index contributed by atoms with van der Waals surface area (Å²) >= 11 is 0. The second-order valence-electron chi connectivity index (χ2n) is 13.3. The Hall–Kier alpha value is -6.98. The van der Waals surface area contributed by atoms with Crippen molar-refractivity contribution < 1.29 is 4.42 Å². The van der Waals surface area contributed by atoms with Crippen LogP contribution in [0, 0.1) is 0 Å². The number of benzene rings is 6. The van der Waals surface area contributed by atoms with Gasteiger partial charge in [0.2, 0.25) is 5.95 Å². The normalized spacial score (nSPS) is 12.3. The Kier molecular flexibility index (Phi) is 5.17. The monoisotopic (exact) mass is 650 g/mol. The zero-order chi connectivity index (χ0) is 33.2. The Bertz CT molecular complexity index is 3360. The average molecular weight is 651 g/mol. The van der Waals surface area contributed by atoms with Crippen molar-refractivity contribution in [3.63, 3.8) is 0 Å². The largest absolute Gasteiger partial charge is 0.455 e. The summed E-state index contributed by atoms with van der Waals surface area (Å²) in [5, 5.41) is 8.21. The molecular weight excluding hydrogens is 625 g/mol. The molecule has 0 aliphatic heterocycles. The van der Waals surface area contributed by atoms with Crippen LogP contribution in [0.5, 0.6) is 0 Å². The summed E-state index contributed by atoms with van der Waals surface area (Å²) in [5.74, 6) is 0.657. The smallest absolute Gasteiger partial charge is 0.235 e. The molecule has 0 atom stereocenters. The lowest BCUT2D eigenvalue weighted by Crippen LogP contribution is -2.03. The Labute approximate surface area is 290 Å². The van der Waals surface area contributed by atoms with E-state index in [1.807, 2.05) is 12.1 Å². The first-order valence-corrected chi connectivity index (χ1v) is 17.3. The molecule has 0 aliphatic rings. The van der Waals surface area contributed by atoms with Gasteiger partial charge >= 0.3 is 0 Å². The maximum Gasteiger partial charge on any atom is 0.235 e. The van der Waals surface area contributed by atoms with Crippen LogP contribution in [0.4, 0.5) is 0 Å². The average Bonchev–Trinajstić information content (AvgIpc) is 3.93. The van der Waals surface area contributed by atoms with Crippen molar-refractivity contribution in [3.05, 3.63) is 158 Å². The maximum atomic E-state index is 6.38. The lowest BCUT2D eigenvalue weighted by Gasteiger charge is -2.12. The van der Waals surface area contributed by atoms with Gasteiger partial charge in [-0.3, -0.25) is 4.57 Å². The van der Waals surface area contributed by atoms with Crippen LogP contribution in [0.3, 0.4) is 0 Å². The van der Waals surface area contributed by atoms with Crippen molar-refractivity contribution in [2.45, 2.75) is 0 Å². The molecule has 6 aromatic carbocycles. The van der Waals surface area contributed by atoms with Crippen LogP contribution in [-0.4, -0.2) is 18.9 Å². The van der Waals surface area contributed by atoms with E-state index in [4.69, 9.17) is 14.4 Å². The Balaban J connectivity index is 1.10. The van der Waals surface area contributed by atoms with E-state index >= 15 is 0 Å². The Morgan fingerprint density at radius 3 is 1.96 bits per heavy atom. The highest BCUT2D eigenvalue weighted by atomic mass is 16.3. The number of pyridine rings is 1. The van der Waals surface area contributed by atoms with Gasteiger partial charge in [0.25, 0.3) is 0 Å². The fourth-order valence-corrected chi connectivity index (χ4v) is 8.52. The summed E-state index contributed by atoms with van der Waals surface area (Å²) in [6, 6.07) is 55.6. The van der Waals surface area contributed by atoms with Crippen LogP contribution in [0.25, 0.3) is 110 Å². The molecule has 12 rings (SSSR count). The second kappa shape index (κ2) is 9.80. The van der Waals surface area contributed by atoms with Crippen molar-refractivity contribution in [2.75, 3.05) is 0 Å². The number of rotatable bonds is 3. The fourth-order valence-electron chi connectivity index (χ4n) is 8.52. The number of hydrogen-bond donors (Lipinski definition) is 0. The predicted octanol–water partition coefficient (Wildman–Crippen LogP) is 12.0. The number of furan rings is 1. The highest BCUT2D eigenvalue weighted by Crippen LogP contribution is 2.44. The van der Waals surface area contributed by atoms with Crippen LogP contribution in [0.1, 0.15) is 0 Å². The molecular formula is C46H26N4O. The van der Waals surface area contributed by atoms with E-state index in [-0.39, 0.29) is 0 Å². The summed E-state index contributed by atoms with van der Waals surface area (Å²) < 4.78 is 11.1. The molecule has 0 saturated carbocycles. The number of hydrogen-bond acceptors (Lipinski definition) is 3. The van der Waals surface area contributed by atoms with Gasteiger partial charge in [-0.25, -0.2) is 9.97 Å². The third kappa shape index (κ3) is 3.54. The third-order valence-corrected chi connectivity index (χ3v) is 10.7. The standard InChI is InChI=1S/C46H26N4O/c1-2-13-32-30(11-1)37-20-10-21-39-44-41(43(32)49(37)39)35-15-4-7-19-38(35)50(44)46-47-36-18-6-3-14-34(36)42(48-46)28-25-23-27(24-26-28)29-16-9-17-33-31-12-5-8-22-40(31)51-45(29)33/h1-26H. The van der Waals surface area contributed by atoms with E-state index in [2.05, 4.69) is 155 Å². The zero-order valence-corrected chi connectivity index (χ0v) is 27.2. The molecule has 0 amide bonds. The van der Waals surface area contributed by atoms with Gasteiger partial charge in [0, 0.05) is 48.8 Å². The third-order valence-electron chi connectivity index (χ3n) is 10.7. The molecule has 0 unspecified atom stereocenters. The van der Waals surface area contributed by atoms with Crippen molar-refractivity contribution in [1.29, 1.82) is 0 Å². The molecule has 6 aromatic heterocycles. The Morgan fingerprint density at radius 2 is 1.08 bits per heavy atom. The first kappa shape index (κ1) is 26.9. The number of aromatic nitrogens is 4. The van der Waals surface area contributed by atoms with E-state index in [9.17, 15) is 0 Å². The minimum Gasteiger partial charge on any atom is -0.455 e. The molecule has 12 aromatic rings. The summed E-state index contributed by atoms with van der Waals surface area (Å²) in [5.41, 5.74) is 12.6. The Morgan fingerprint density at radius 1 is 0.431 bits per heavy atom. The van der Waals surface area contributed by atoms with Crippen LogP contribution < -0.4 is 0 Å². The van der Waals surface area contributed by atoms with Gasteiger partial charge in [-0.05, 0) is 35.9 Å². The number of para-hydroxylation sites is 4. The van der Waals surface area contributed by atoms with E-state index in [0.29, 0.717) is 5.95 Å². The highest BCUT2D eigenvalue weighted by Gasteiger charge is 2.25. The highest BCUT2D eigenvalue weighted by molar-refractivity contribution is 6.30. The van der Waals surface area contributed by atoms with Gasteiger partial charge in [0.1, 0.15) is 11.2 Å². The van der Waals surface area contributed by atoms with Gasteiger partial charge < -0.3 is 8.82 Å². The molecule has 0 aliphatic carbocycles. The lowest BCUT2D eigenvalue weighted by atomic mass is 9.99. The predicted molar refractivity (Wildman–Crippen MR) is 209 cm³/mol. The molecule has 0 bridgehead atoms. The van der Waals surface area contributed by atoms with Crippen LogP contribution in [-0.2, 0) is 0 Å². The van der Waals surface area contributed by atoms with E-state index in [1.165, 1.54) is 32.6 Å². The minimum atomic E-state index is 0.657. The van der Waals surface area contributed by atoms with Crippen molar-refractivity contribution >= 4 is 82.0 Å². The van der Waals surface area contributed by atoms with Crippen molar-refractivity contribution in [3.8, 4) is 28.3 Å². The van der Waals surface area contributed by atoms with Gasteiger partial charge in [-0.1, -0.05) is 127 Å². The molecule has 51 heavy (non-hydrogen) atoms. The molecule has 6 heterocycles. The van der Waals surface area contributed by atoms with Gasteiger partial charge in [-0.15, -0.1) is 0 Å². The number of nitrogens with zero attached hydrogens (tertiary/aromatic N) is 4. The van der Waals surface area contributed by atoms with E-state index < -0.39 is 0 Å². The SMILES string of the molecule is c1ccc2c(-c3ccc(-c4cccc5c4oc4ccccc45)cc3)nc(-n3c4ccccc4c4c3c3cccc5c6ccccc6c4n53)nc2c1. The van der Waals surface area contributed by atoms with Crippen molar-refractivity contribution in [1.82, 2.24) is 18.9 Å². The van der Waals surface area contributed by atoms with Crippen LogP contribution in [0.2, 0.25) is 0 Å². The molecule has 0 fully saturated rings. The molecule has 0 spiro atoms. The maximum absolute atomic E-state index is 6.38. The number of fused-ring (bicyclic) bond motifs is 12. The summed E-state index contributed by atoms with van der Waals surface area (Å²) in [6.07, 6.45) is 0. The van der Waals surface area contributed by atoms with E-state index in [0.717, 1.165) is 71.8 Å². The van der Waals surface area contributed by atoms with Crippen LogP contribution in [0.15, 0.2) is 162 Å². The second-order valence-corrected chi connectivity index (χ2v) is 13.3. The minimum absolute atomic E-state index is 0.657. The first-order valence-electron chi connectivity index (χ1n) is 17.3. The molecule has 0 radical (unpaired) electrons. The van der Waals surface area contributed by atoms with Gasteiger partial charge in [0.15, 0.2) is 0 Å². The summed E-state index contributed by atoms with van der Waals surface area (Å²) in [6.45, 7) is 0. The molecule has 5 heteroatoms. The quantitative estimate of drug-likeness (QED) is 0.191. The molecule has 236 valence electrons. The molecule has 0 saturated heterocycles. The summed E-state index contributed by atoms with van der Waals surface area (Å²) in [4.78, 5) is 10.7. The van der Waals surface area contributed by atoms with E-state index in [1.54, 1.807) is 0 Å². The van der Waals surface area contributed by atoms with Gasteiger partial charge in [-0.2, -0.15) is 0 Å². The lowest BCUT2D eigenvalue weighted by molar-refractivity contribution is 0.670. The topological polar surface area (TPSA) is 48.3 Å². The molecule has 0 N–H and O–H groups in total. The summed E-state index contributed by atoms with van der Waals surface area (Å²) in [7, 11) is 0. The van der Waals surface area contributed by atoms with Gasteiger partial charge in [0.05, 0.1) is 38.8 Å². The van der Waals surface area contributed by atoms with Crippen LogP contribution >= 0.6 is 0 Å². The fraction of sp³-hybridized carbons (Fsp3) is 0. The zero-order valence-electron chi connectivity index (χ0n) is 27.2. The first-order chi connectivity index (χ1) is 25.3. The molecule has 5 nitrogen and oxygen atoms in total.